The van der Waals surface area contributed by atoms with Crippen molar-refractivity contribution in [1.29, 1.82) is 0 Å². The highest BCUT2D eigenvalue weighted by atomic mass is 16.3. The number of ketones is 1. The van der Waals surface area contributed by atoms with Gasteiger partial charge in [-0.05, 0) is 36.4 Å². The molecule has 2 aromatic carbocycles. The Balaban J connectivity index is 1.81. The van der Waals surface area contributed by atoms with Gasteiger partial charge in [0.1, 0.15) is 5.75 Å². The number of phenolic OH excluding ortho intramolecular Hbond substituents is 1. The second kappa shape index (κ2) is 5.48. The molecule has 0 amide bonds. The zero-order valence-corrected chi connectivity index (χ0v) is 12.0. The highest BCUT2D eigenvalue weighted by Gasteiger charge is 2.21. The molecule has 0 aromatic heterocycles. The molecule has 0 bridgehead atoms. The first-order valence-corrected chi connectivity index (χ1v) is 7.02. The molecule has 1 aliphatic heterocycles. The minimum Gasteiger partial charge on any atom is -0.508 e. The summed E-state index contributed by atoms with van der Waals surface area (Å²) < 4.78 is 0. The Morgan fingerprint density at radius 1 is 1.05 bits per heavy atom. The van der Waals surface area contributed by atoms with Crippen LogP contribution in [-0.2, 0) is 0 Å². The zero-order valence-electron chi connectivity index (χ0n) is 12.0. The van der Waals surface area contributed by atoms with Crippen molar-refractivity contribution in [3.05, 3.63) is 54.1 Å². The Hall–Kier alpha value is -2.49. The largest absolute Gasteiger partial charge is 0.508 e. The average Bonchev–Trinajstić information content (AvgIpc) is 2.51. The first-order valence-electron chi connectivity index (χ1n) is 7.02. The van der Waals surface area contributed by atoms with E-state index in [1.54, 1.807) is 24.3 Å². The summed E-state index contributed by atoms with van der Waals surface area (Å²) in [6, 6.07) is 14.6. The van der Waals surface area contributed by atoms with Gasteiger partial charge in [-0.15, -0.1) is 0 Å². The maximum absolute atomic E-state index is 12.4. The van der Waals surface area contributed by atoms with Crippen molar-refractivity contribution < 1.29 is 9.90 Å². The maximum Gasteiger partial charge on any atom is 0.182 e. The third-order valence-electron chi connectivity index (χ3n) is 3.86. The smallest absolute Gasteiger partial charge is 0.182 e. The topological polar surface area (TPSA) is 43.8 Å². The molecule has 0 aliphatic carbocycles. The van der Waals surface area contributed by atoms with Crippen LogP contribution in [0.4, 0.5) is 11.4 Å². The van der Waals surface area contributed by atoms with Gasteiger partial charge in [-0.3, -0.25) is 4.79 Å². The van der Waals surface area contributed by atoms with Crippen LogP contribution in [0.5, 0.6) is 5.75 Å². The van der Waals surface area contributed by atoms with Gasteiger partial charge in [0.05, 0.1) is 17.9 Å². The molecule has 1 aliphatic rings. The van der Waals surface area contributed by atoms with Crippen LogP contribution < -0.4 is 9.80 Å². The molecule has 1 N–H and O–H groups in total. The zero-order chi connectivity index (χ0) is 14.8. The molecule has 21 heavy (non-hydrogen) atoms. The number of fused-ring (bicyclic) bond motifs is 1. The number of rotatable bonds is 3. The fourth-order valence-corrected chi connectivity index (χ4v) is 2.64. The first kappa shape index (κ1) is 13.5. The molecule has 0 spiro atoms. The van der Waals surface area contributed by atoms with E-state index < -0.39 is 0 Å². The van der Waals surface area contributed by atoms with Crippen molar-refractivity contribution in [1.82, 2.24) is 0 Å². The van der Waals surface area contributed by atoms with E-state index in [2.05, 4.69) is 29.0 Å². The number of hydrogen-bond acceptors (Lipinski definition) is 4. The summed E-state index contributed by atoms with van der Waals surface area (Å²) in [5.41, 5.74) is 2.88. The minimum absolute atomic E-state index is 0.0642. The Morgan fingerprint density at radius 2 is 1.71 bits per heavy atom. The Labute approximate surface area is 124 Å². The van der Waals surface area contributed by atoms with E-state index in [1.807, 2.05) is 12.1 Å². The van der Waals surface area contributed by atoms with Gasteiger partial charge >= 0.3 is 0 Å². The molecule has 1 heterocycles. The van der Waals surface area contributed by atoms with E-state index in [4.69, 9.17) is 0 Å². The lowest BCUT2D eigenvalue weighted by Crippen LogP contribution is -2.41. The van der Waals surface area contributed by atoms with Crippen molar-refractivity contribution in [2.24, 2.45) is 0 Å². The van der Waals surface area contributed by atoms with Gasteiger partial charge in [0.25, 0.3) is 0 Å². The highest BCUT2D eigenvalue weighted by Crippen LogP contribution is 2.31. The number of Topliss-reactive ketones (excluding diaryl/α,β-unsaturated/α-hetero) is 1. The number of carbonyl (C=O) groups excluding carboxylic acids is 1. The monoisotopic (exact) mass is 282 g/mol. The summed E-state index contributed by atoms with van der Waals surface area (Å²) in [4.78, 5) is 16.7. The number of anilines is 2. The van der Waals surface area contributed by atoms with Crippen molar-refractivity contribution in [2.75, 3.05) is 36.5 Å². The van der Waals surface area contributed by atoms with Crippen LogP contribution in [0.15, 0.2) is 48.5 Å². The van der Waals surface area contributed by atoms with Gasteiger partial charge < -0.3 is 14.9 Å². The van der Waals surface area contributed by atoms with Gasteiger partial charge in [-0.1, -0.05) is 12.1 Å². The molecule has 108 valence electrons. The lowest BCUT2D eigenvalue weighted by molar-refractivity contribution is 0.0999. The van der Waals surface area contributed by atoms with E-state index in [9.17, 15) is 9.90 Å². The average molecular weight is 282 g/mol. The Kier molecular flexibility index (Phi) is 3.52. The van der Waals surface area contributed by atoms with Crippen LogP contribution in [0.3, 0.4) is 0 Å². The van der Waals surface area contributed by atoms with Crippen LogP contribution in [0.25, 0.3) is 0 Å². The number of phenols is 1. The summed E-state index contributed by atoms with van der Waals surface area (Å²) in [7, 11) is 2.07. The van der Waals surface area contributed by atoms with E-state index >= 15 is 0 Å². The molecule has 0 atom stereocenters. The number of aromatic hydroxyl groups is 1. The molecule has 0 fully saturated rings. The second-order valence-corrected chi connectivity index (χ2v) is 5.30. The number of nitrogens with zero attached hydrogens (tertiary/aromatic N) is 2. The Bertz CT molecular complexity index is 652. The van der Waals surface area contributed by atoms with Crippen LogP contribution in [0, 0.1) is 0 Å². The van der Waals surface area contributed by atoms with Gasteiger partial charge in [0, 0.05) is 25.7 Å². The third kappa shape index (κ3) is 2.70. The van der Waals surface area contributed by atoms with Crippen molar-refractivity contribution in [3.8, 4) is 5.75 Å². The van der Waals surface area contributed by atoms with Crippen LogP contribution in [0.2, 0.25) is 0 Å². The lowest BCUT2D eigenvalue weighted by Gasteiger charge is -2.36. The predicted molar refractivity (Wildman–Crippen MR) is 84.4 cm³/mol. The van der Waals surface area contributed by atoms with Crippen LogP contribution >= 0.6 is 0 Å². The van der Waals surface area contributed by atoms with Crippen molar-refractivity contribution in [3.63, 3.8) is 0 Å². The second-order valence-electron chi connectivity index (χ2n) is 5.30. The molecule has 2 aromatic rings. The lowest BCUT2D eigenvalue weighted by atomic mass is 10.1. The molecule has 4 nitrogen and oxygen atoms in total. The van der Waals surface area contributed by atoms with E-state index in [-0.39, 0.29) is 11.5 Å². The Morgan fingerprint density at radius 3 is 2.43 bits per heavy atom. The van der Waals surface area contributed by atoms with Gasteiger partial charge in [0.15, 0.2) is 5.78 Å². The van der Waals surface area contributed by atoms with E-state index in [0.29, 0.717) is 12.1 Å². The van der Waals surface area contributed by atoms with Crippen molar-refractivity contribution in [2.45, 2.75) is 0 Å². The van der Waals surface area contributed by atoms with Crippen molar-refractivity contribution >= 4 is 17.2 Å². The molecule has 0 saturated heterocycles. The summed E-state index contributed by atoms with van der Waals surface area (Å²) in [5.74, 6) is 0.242. The van der Waals surface area contributed by atoms with E-state index in [1.165, 1.54) is 0 Å². The minimum atomic E-state index is 0.0642. The highest BCUT2D eigenvalue weighted by molar-refractivity contribution is 6.00. The molecular formula is C17H18N2O2. The number of likely N-dealkylation sites (N-methyl/N-ethyl adjacent to an activating group) is 1. The maximum atomic E-state index is 12.4. The molecule has 4 heteroatoms. The fourth-order valence-electron chi connectivity index (χ4n) is 2.64. The quantitative estimate of drug-likeness (QED) is 0.879. The molecular weight excluding hydrogens is 264 g/mol. The van der Waals surface area contributed by atoms with Gasteiger partial charge in [0.2, 0.25) is 0 Å². The van der Waals surface area contributed by atoms with Gasteiger partial charge in [-0.25, -0.2) is 0 Å². The number of benzene rings is 2. The standard InChI is InChI=1S/C17H18N2O2/c1-18-10-11-19(16-5-3-2-4-15(16)18)12-17(21)13-6-8-14(20)9-7-13/h2-9,20H,10-12H2,1H3. The molecule has 0 radical (unpaired) electrons. The summed E-state index contributed by atoms with van der Waals surface area (Å²) in [6.45, 7) is 2.09. The fraction of sp³-hybridized carbons (Fsp3) is 0.235. The predicted octanol–water partition coefficient (Wildman–Crippen LogP) is 2.53. The molecule has 0 unspecified atom stereocenters. The third-order valence-corrected chi connectivity index (χ3v) is 3.86. The number of carbonyl (C=O) groups is 1. The SMILES string of the molecule is CN1CCN(CC(=O)c2ccc(O)cc2)c2ccccc21. The van der Waals surface area contributed by atoms with E-state index in [0.717, 1.165) is 24.5 Å². The summed E-state index contributed by atoms with van der Waals surface area (Å²) >= 11 is 0. The first-order chi connectivity index (χ1) is 10.1. The summed E-state index contributed by atoms with van der Waals surface area (Å²) in [5, 5.41) is 9.29. The number of para-hydroxylation sites is 2. The normalized spacial score (nSPS) is 14.0. The van der Waals surface area contributed by atoms with Crippen LogP contribution in [-0.4, -0.2) is 37.6 Å². The summed E-state index contributed by atoms with van der Waals surface area (Å²) in [6.07, 6.45) is 0. The van der Waals surface area contributed by atoms with Crippen LogP contribution in [0.1, 0.15) is 10.4 Å². The van der Waals surface area contributed by atoms with Gasteiger partial charge in [-0.2, -0.15) is 0 Å². The number of hydrogen-bond donors (Lipinski definition) is 1. The molecule has 0 saturated carbocycles. The molecule has 3 rings (SSSR count).